The Labute approximate surface area is 177 Å². The van der Waals surface area contributed by atoms with E-state index in [1.165, 1.54) is 12.3 Å². The summed E-state index contributed by atoms with van der Waals surface area (Å²) in [4.78, 5) is 16.4. The third-order valence-corrected chi connectivity index (χ3v) is 5.18. The van der Waals surface area contributed by atoms with E-state index < -0.39 is 11.7 Å². The molecule has 0 spiro atoms. The Bertz CT molecular complexity index is 1030. The monoisotopic (exact) mass is 430 g/mol. The molecule has 3 aromatic rings. The van der Waals surface area contributed by atoms with E-state index in [0.29, 0.717) is 43.2 Å². The van der Waals surface area contributed by atoms with Crippen LogP contribution >= 0.6 is 0 Å². The first-order chi connectivity index (χ1) is 14.9. The Kier molecular flexibility index (Phi) is 5.88. The summed E-state index contributed by atoms with van der Waals surface area (Å²) in [5, 5.41) is 0. The average Bonchev–Trinajstić information content (AvgIpc) is 3.26. The van der Waals surface area contributed by atoms with Gasteiger partial charge in [-0.3, -0.25) is 4.79 Å². The first kappa shape index (κ1) is 20.8. The fourth-order valence-electron chi connectivity index (χ4n) is 3.51. The molecule has 31 heavy (non-hydrogen) atoms. The van der Waals surface area contributed by atoms with Crippen LogP contribution in [0, 0.1) is 0 Å². The highest BCUT2D eigenvalue weighted by molar-refractivity contribution is 5.93. The predicted octanol–water partition coefficient (Wildman–Crippen LogP) is 4.84. The van der Waals surface area contributed by atoms with Gasteiger partial charge in [0.2, 0.25) is 0 Å². The highest BCUT2D eigenvalue weighted by atomic mass is 19.4. The number of para-hydroxylation sites is 1. The van der Waals surface area contributed by atoms with Crippen LogP contribution in [-0.4, -0.2) is 37.0 Å². The van der Waals surface area contributed by atoms with E-state index in [1.807, 2.05) is 35.2 Å². The van der Waals surface area contributed by atoms with E-state index in [0.717, 1.165) is 12.1 Å². The van der Waals surface area contributed by atoms with Gasteiger partial charge >= 0.3 is 6.18 Å². The number of rotatable bonds is 5. The summed E-state index contributed by atoms with van der Waals surface area (Å²) < 4.78 is 50.1. The summed E-state index contributed by atoms with van der Waals surface area (Å²) in [6.07, 6.45) is -2.93. The van der Waals surface area contributed by atoms with Crippen LogP contribution in [0.25, 0.3) is 0 Å². The molecule has 1 fully saturated rings. The van der Waals surface area contributed by atoms with Gasteiger partial charge in [0.05, 0.1) is 11.8 Å². The minimum absolute atomic E-state index is 0.200. The summed E-state index contributed by atoms with van der Waals surface area (Å²) in [6, 6.07) is 16.2. The molecule has 1 aliphatic heterocycles. The van der Waals surface area contributed by atoms with Crippen molar-refractivity contribution in [1.29, 1.82) is 0 Å². The van der Waals surface area contributed by atoms with Crippen LogP contribution in [-0.2, 0) is 12.8 Å². The first-order valence-corrected chi connectivity index (χ1v) is 9.87. The Morgan fingerprint density at radius 1 is 0.968 bits per heavy atom. The molecule has 0 radical (unpaired) electrons. The van der Waals surface area contributed by atoms with E-state index in [1.54, 1.807) is 17.0 Å². The van der Waals surface area contributed by atoms with E-state index in [2.05, 4.69) is 0 Å². The number of furan rings is 1. The Morgan fingerprint density at radius 2 is 1.71 bits per heavy atom. The third kappa shape index (κ3) is 4.84. The van der Waals surface area contributed by atoms with Crippen molar-refractivity contribution in [3.8, 4) is 5.75 Å². The van der Waals surface area contributed by atoms with Gasteiger partial charge in [0.1, 0.15) is 12.4 Å². The molecule has 1 aliphatic rings. The lowest BCUT2D eigenvalue weighted by Gasteiger charge is -2.36. The van der Waals surface area contributed by atoms with Gasteiger partial charge in [-0.2, -0.15) is 13.2 Å². The maximum Gasteiger partial charge on any atom is 0.416 e. The number of halogens is 3. The number of benzene rings is 2. The van der Waals surface area contributed by atoms with Crippen LogP contribution in [0.4, 0.5) is 18.9 Å². The molecule has 2 heterocycles. The molecular weight excluding hydrogens is 409 g/mol. The molecule has 1 aromatic heterocycles. The Morgan fingerprint density at radius 3 is 2.42 bits per heavy atom. The van der Waals surface area contributed by atoms with Crippen molar-refractivity contribution >= 4 is 11.6 Å². The molecule has 5 nitrogen and oxygen atoms in total. The van der Waals surface area contributed by atoms with E-state index in [4.69, 9.17) is 9.15 Å². The molecule has 0 saturated carbocycles. The summed E-state index contributed by atoms with van der Waals surface area (Å²) in [5.74, 6) is 0.667. The number of carbonyl (C=O) groups excluding carboxylic acids is 1. The normalized spacial score (nSPS) is 14.5. The van der Waals surface area contributed by atoms with E-state index in [9.17, 15) is 18.0 Å². The van der Waals surface area contributed by atoms with Crippen molar-refractivity contribution in [3.63, 3.8) is 0 Å². The molecule has 0 N–H and O–H groups in total. The van der Waals surface area contributed by atoms with Crippen LogP contribution in [0.1, 0.15) is 21.7 Å². The highest BCUT2D eigenvalue weighted by Crippen LogP contribution is 2.32. The first-order valence-electron chi connectivity index (χ1n) is 9.87. The predicted molar refractivity (Wildman–Crippen MR) is 109 cm³/mol. The molecule has 1 amide bonds. The summed E-state index contributed by atoms with van der Waals surface area (Å²) in [7, 11) is 0. The summed E-state index contributed by atoms with van der Waals surface area (Å²) in [6.45, 7) is 1.84. The zero-order chi connectivity index (χ0) is 21.8. The lowest BCUT2D eigenvalue weighted by molar-refractivity contribution is -0.137. The average molecular weight is 430 g/mol. The second kappa shape index (κ2) is 8.75. The standard InChI is InChI=1S/C23H21F3N2O3/c24-23(25,26)18-5-4-6-19(15-18)27-10-12-28(13-11-27)22(29)21-17(9-14-30-21)16-31-20-7-2-1-3-8-20/h1-9,14-15H,10-13,16H2. The minimum atomic E-state index is -4.38. The van der Waals surface area contributed by atoms with Crippen LogP contribution in [0.3, 0.4) is 0 Å². The van der Waals surface area contributed by atoms with Crippen molar-refractivity contribution in [2.45, 2.75) is 12.8 Å². The largest absolute Gasteiger partial charge is 0.489 e. The van der Waals surface area contributed by atoms with Gasteiger partial charge in [0.15, 0.2) is 5.76 Å². The minimum Gasteiger partial charge on any atom is -0.489 e. The summed E-state index contributed by atoms with van der Waals surface area (Å²) in [5.41, 5.74) is 0.466. The van der Waals surface area contributed by atoms with Gasteiger partial charge in [-0.15, -0.1) is 0 Å². The third-order valence-electron chi connectivity index (χ3n) is 5.18. The lowest BCUT2D eigenvalue weighted by atomic mass is 10.1. The van der Waals surface area contributed by atoms with Gasteiger partial charge in [-0.1, -0.05) is 24.3 Å². The molecule has 8 heteroatoms. The number of hydrogen-bond acceptors (Lipinski definition) is 4. The number of carbonyl (C=O) groups is 1. The van der Waals surface area contributed by atoms with E-state index in [-0.39, 0.29) is 18.3 Å². The maximum atomic E-state index is 13.0. The van der Waals surface area contributed by atoms with Crippen molar-refractivity contribution in [2.75, 3.05) is 31.1 Å². The number of ether oxygens (including phenoxy) is 1. The van der Waals surface area contributed by atoms with Crippen molar-refractivity contribution in [1.82, 2.24) is 4.90 Å². The van der Waals surface area contributed by atoms with E-state index >= 15 is 0 Å². The molecular formula is C23H21F3N2O3. The lowest BCUT2D eigenvalue weighted by Crippen LogP contribution is -2.49. The van der Waals surface area contributed by atoms with Crippen molar-refractivity contribution in [3.05, 3.63) is 83.8 Å². The number of amides is 1. The summed E-state index contributed by atoms with van der Waals surface area (Å²) >= 11 is 0. The zero-order valence-corrected chi connectivity index (χ0v) is 16.6. The van der Waals surface area contributed by atoms with Gasteiger partial charge in [0, 0.05) is 37.4 Å². The smallest absolute Gasteiger partial charge is 0.416 e. The molecule has 4 rings (SSSR count). The molecule has 162 valence electrons. The Balaban J connectivity index is 1.38. The molecule has 0 atom stereocenters. The molecule has 0 bridgehead atoms. The van der Waals surface area contributed by atoms with Crippen molar-refractivity contribution < 1.29 is 27.1 Å². The number of alkyl halides is 3. The second-order valence-electron chi connectivity index (χ2n) is 7.20. The fourth-order valence-corrected chi connectivity index (χ4v) is 3.51. The molecule has 1 saturated heterocycles. The van der Waals surface area contributed by atoms with Gasteiger partial charge < -0.3 is 19.0 Å². The Hall–Kier alpha value is -3.42. The van der Waals surface area contributed by atoms with Crippen molar-refractivity contribution in [2.24, 2.45) is 0 Å². The van der Waals surface area contributed by atoms with Gasteiger partial charge in [-0.25, -0.2) is 0 Å². The quantitative estimate of drug-likeness (QED) is 0.581. The number of nitrogens with zero attached hydrogens (tertiary/aromatic N) is 2. The van der Waals surface area contributed by atoms with Crippen LogP contribution in [0.2, 0.25) is 0 Å². The topological polar surface area (TPSA) is 45.9 Å². The van der Waals surface area contributed by atoms with Gasteiger partial charge in [-0.05, 0) is 36.4 Å². The number of anilines is 1. The maximum absolute atomic E-state index is 13.0. The SMILES string of the molecule is O=C(c1occc1COc1ccccc1)N1CCN(c2cccc(C(F)(F)F)c2)CC1. The fraction of sp³-hybridized carbons (Fsp3) is 0.261. The van der Waals surface area contributed by atoms with Gasteiger partial charge in [0.25, 0.3) is 5.91 Å². The second-order valence-corrected chi connectivity index (χ2v) is 7.20. The van der Waals surface area contributed by atoms with Crippen LogP contribution in [0.15, 0.2) is 71.3 Å². The highest BCUT2D eigenvalue weighted by Gasteiger charge is 2.31. The van der Waals surface area contributed by atoms with Crippen LogP contribution in [0.5, 0.6) is 5.75 Å². The number of hydrogen-bond donors (Lipinski definition) is 0. The molecule has 0 unspecified atom stereocenters. The number of piperazine rings is 1. The zero-order valence-electron chi connectivity index (χ0n) is 16.6. The molecule has 2 aromatic carbocycles. The molecule has 0 aliphatic carbocycles. The van der Waals surface area contributed by atoms with Crippen LogP contribution < -0.4 is 9.64 Å².